The number of rotatable bonds is 11. The van der Waals surface area contributed by atoms with Crippen LogP contribution in [0.1, 0.15) is 0 Å². The van der Waals surface area contributed by atoms with Crippen LogP contribution in [0.4, 0.5) is 0 Å². The van der Waals surface area contributed by atoms with Crippen molar-refractivity contribution in [2.24, 2.45) is 0 Å². The van der Waals surface area contributed by atoms with Gasteiger partial charge in [0.05, 0.1) is 0 Å². The molecule has 115 valence electrons. The first-order valence-corrected chi connectivity index (χ1v) is 8.04. The molecule has 0 aliphatic carbocycles. The van der Waals surface area contributed by atoms with Gasteiger partial charge in [-0.2, -0.15) is 0 Å². The van der Waals surface area contributed by atoms with Crippen LogP contribution in [0, 0.1) is 0 Å². The third kappa shape index (κ3) is 11.1. The normalized spacial score (nSPS) is 10.7. The Labute approximate surface area is 136 Å². The Morgan fingerprint density at radius 3 is 1.38 bits per heavy atom. The van der Waals surface area contributed by atoms with Gasteiger partial charge < -0.3 is 0 Å². The van der Waals surface area contributed by atoms with E-state index < -0.39 is 43.5 Å². The zero-order valence-electron chi connectivity index (χ0n) is 11.2. The van der Waals surface area contributed by atoms with Gasteiger partial charge in [-0.3, -0.25) is 0 Å². The fourth-order valence-corrected chi connectivity index (χ4v) is 1.87. The number of nitrogens with zero attached hydrogens (tertiary/aromatic N) is 2. The van der Waals surface area contributed by atoms with Gasteiger partial charge in [-0.15, -0.1) is 0 Å². The van der Waals surface area contributed by atoms with Gasteiger partial charge >= 0.3 is 137 Å². The van der Waals surface area contributed by atoms with E-state index in [-0.39, 0.29) is 46.2 Å². The minimum atomic E-state index is -1.19. The summed E-state index contributed by atoms with van der Waals surface area (Å²) in [6.07, 6.45) is 0. The Bertz CT molecular complexity index is 387. The molecule has 0 aromatic heterocycles. The van der Waals surface area contributed by atoms with Gasteiger partial charge in [-0.1, -0.05) is 0 Å². The number of hydrogen-bond donors (Lipinski definition) is 3. The van der Waals surface area contributed by atoms with Crippen molar-refractivity contribution in [3.8, 4) is 0 Å². The molecule has 0 saturated heterocycles. The zero-order chi connectivity index (χ0) is 16.4. The summed E-state index contributed by atoms with van der Waals surface area (Å²) in [7, 11) is 0. The van der Waals surface area contributed by atoms with Crippen LogP contribution in [-0.2, 0) is 48.4 Å². The van der Waals surface area contributed by atoms with Gasteiger partial charge in [0.15, 0.2) is 0 Å². The molecule has 0 unspecified atom stereocenters. The average molecular weight is 492 g/mol. The van der Waals surface area contributed by atoms with E-state index in [0.717, 1.165) is 4.90 Å². The molecule has 0 aliphatic heterocycles. The van der Waals surface area contributed by atoms with Crippen molar-refractivity contribution >= 4 is 23.9 Å². The summed E-state index contributed by atoms with van der Waals surface area (Å²) in [6, 6.07) is 0. The topological polar surface area (TPSA) is 145 Å². The van der Waals surface area contributed by atoms with Gasteiger partial charge in [0.25, 0.3) is 0 Å². The van der Waals surface area contributed by atoms with Crippen LogP contribution in [0.3, 0.4) is 0 Å². The van der Waals surface area contributed by atoms with Crippen LogP contribution in [0.2, 0.25) is 0 Å². The fraction of sp³-hybridized carbons (Fsp3) is 0.600. The van der Waals surface area contributed by atoms with Crippen LogP contribution >= 0.6 is 0 Å². The van der Waals surface area contributed by atoms with E-state index in [1.54, 1.807) is 0 Å². The molecule has 0 heterocycles. The fourth-order valence-electron chi connectivity index (χ4n) is 1.51. The summed E-state index contributed by atoms with van der Waals surface area (Å²) in [5, 5.41) is 26.1. The molecule has 0 aromatic carbocycles. The Kier molecular flexibility index (Phi) is 9.83. The molecule has 0 aromatic rings. The number of hydrogen-bond acceptors (Lipinski definition) is 7. The molecule has 0 radical (unpaired) electrons. The molecule has 0 amide bonds. The number of aliphatic carboxylic acids is 3. The van der Waals surface area contributed by atoms with Crippen molar-refractivity contribution in [2.75, 3.05) is 39.3 Å². The third-order valence-corrected chi connectivity index (χ3v) is 3.57. The Morgan fingerprint density at radius 1 is 0.762 bits per heavy atom. The molecule has 11 heteroatoms. The molecular formula is C10H15HgN2O8. The van der Waals surface area contributed by atoms with Crippen molar-refractivity contribution in [1.29, 1.82) is 0 Å². The monoisotopic (exact) mass is 493 g/mol. The predicted molar refractivity (Wildman–Crippen MR) is 61.9 cm³/mol. The van der Waals surface area contributed by atoms with E-state index >= 15 is 0 Å². The second-order valence-corrected chi connectivity index (χ2v) is 5.24. The van der Waals surface area contributed by atoms with Gasteiger partial charge in [0.2, 0.25) is 0 Å². The van der Waals surface area contributed by atoms with E-state index in [2.05, 4.69) is 2.64 Å². The summed E-state index contributed by atoms with van der Waals surface area (Å²) in [6.45, 7) is -1.58. The first-order chi connectivity index (χ1) is 9.74. The van der Waals surface area contributed by atoms with Crippen LogP contribution in [0.5, 0.6) is 0 Å². The van der Waals surface area contributed by atoms with E-state index in [9.17, 15) is 19.2 Å². The Balaban J connectivity index is 4.56. The number of carbonyl (C=O) groups excluding carboxylic acids is 1. The molecule has 0 atom stereocenters. The van der Waals surface area contributed by atoms with Crippen LogP contribution in [-0.4, -0.2) is 88.3 Å². The molecule has 0 aliphatic rings. The van der Waals surface area contributed by atoms with E-state index in [0.29, 0.717) is 0 Å². The molecule has 10 nitrogen and oxygen atoms in total. The molecule has 3 N–H and O–H groups in total. The molecular weight excluding hydrogens is 477 g/mol. The van der Waals surface area contributed by atoms with Crippen LogP contribution in [0.25, 0.3) is 0 Å². The molecule has 21 heavy (non-hydrogen) atoms. The SMILES string of the molecule is O=C(O)CN(CCN(CC(=O)O)CC(=O)[O][Hg])CC(=O)O. The minimum absolute atomic E-state index is 0.00484. The van der Waals surface area contributed by atoms with Crippen LogP contribution in [0.15, 0.2) is 0 Å². The zero-order valence-corrected chi connectivity index (χ0v) is 16.7. The summed E-state index contributed by atoms with van der Waals surface area (Å²) in [5.74, 6) is -4.09. The first kappa shape index (κ1) is 19.7. The molecule has 0 fully saturated rings. The predicted octanol–water partition coefficient (Wildman–Crippen LogP) is -2.15. The number of carbonyl (C=O) groups is 4. The molecule has 0 bridgehead atoms. The standard InChI is InChI=1S/C10H16N2O8.Hg/c13-7(14)3-11(4-8(15)16)1-2-12(5-9(17)18)6-10(19)20;/h1-6H2,(H,13,14)(H,15,16)(H,17,18)(H,19,20);/q;+1/p-1. The number of carboxylic acids is 3. The second-order valence-electron chi connectivity index (χ2n) is 4.12. The average Bonchev–Trinajstić information content (AvgIpc) is 2.33. The maximum atomic E-state index is 11.2. The van der Waals surface area contributed by atoms with Crippen molar-refractivity contribution in [2.45, 2.75) is 0 Å². The van der Waals surface area contributed by atoms with Crippen molar-refractivity contribution in [3.63, 3.8) is 0 Å². The van der Waals surface area contributed by atoms with E-state index in [1.807, 2.05) is 0 Å². The molecule has 0 spiro atoms. The van der Waals surface area contributed by atoms with Crippen molar-refractivity contribution in [1.82, 2.24) is 9.80 Å². The van der Waals surface area contributed by atoms with Gasteiger partial charge in [0.1, 0.15) is 0 Å². The van der Waals surface area contributed by atoms with E-state index in [4.69, 9.17) is 15.3 Å². The third-order valence-electron chi connectivity index (χ3n) is 2.32. The van der Waals surface area contributed by atoms with Gasteiger partial charge in [0, 0.05) is 0 Å². The van der Waals surface area contributed by atoms with Crippen molar-refractivity contribution < 1.29 is 63.7 Å². The summed E-state index contributed by atoms with van der Waals surface area (Å²) in [4.78, 5) is 45.5. The maximum absolute atomic E-state index is 11.2. The first-order valence-electron chi connectivity index (χ1n) is 5.79. The number of carboxylic acid groups (broad SMARTS) is 3. The molecule has 0 rings (SSSR count). The van der Waals surface area contributed by atoms with Crippen molar-refractivity contribution in [3.05, 3.63) is 0 Å². The van der Waals surface area contributed by atoms with Crippen LogP contribution < -0.4 is 0 Å². The quantitative estimate of drug-likeness (QED) is 0.273. The summed E-state index contributed by atoms with van der Waals surface area (Å²) >= 11 is -0.204. The summed E-state index contributed by atoms with van der Waals surface area (Å²) < 4.78 is 4.62. The summed E-state index contributed by atoms with van der Waals surface area (Å²) in [5.41, 5.74) is 0. The second kappa shape index (κ2) is 10.5. The van der Waals surface area contributed by atoms with Gasteiger partial charge in [-0.25, -0.2) is 0 Å². The van der Waals surface area contributed by atoms with Gasteiger partial charge in [-0.05, 0) is 0 Å². The Morgan fingerprint density at radius 2 is 1.10 bits per heavy atom. The Hall–Kier alpha value is -1.26. The van der Waals surface area contributed by atoms with E-state index in [1.165, 1.54) is 4.90 Å². The molecule has 0 saturated carbocycles.